The molecule has 1 N–H and O–H groups in total. The van der Waals surface area contributed by atoms with Crippen molar-refractivity contribution in [1.29, 1.82) is 0 Å². The van der Waals surface area contributed by atoms with E-state index in [2.05, 4.69) is 4.40 Å². The molecule has 0 aliphatic carbocycles. The molecule has 0 fully saturated rings. The minimum atomic E-state index is -3.62. The van der Waals surface area contributed by atoms with Crippen LogP contribution in [0, 0.1) is 0 Å². The number of anilines is 1. The van der Waals surface area contributed by atoms with Gasteiger partial charge in [0.2, 0.25) is 0 Å². The van der Waals surface area contributed by atoms with Crippen molar-refractivity contribution < 1.29 is 13.5 Å². The number of hydrogen-bond donors (Lipinski definition) is 1. The molecule has 0 atom stereocenters. The average Bonchev–Trinajstić information content (AvgIpc) is 2.72. The number of phenols is 1. The summed E-state index contributed by atoms with van der Waals surface area (Å²) in [6, 6.07) is 13.2. The quantitative estimate of drug-likeness (QED) is 0.871. The molecule has 0 radical (unpaired) electrons. The number of sulfonamides is 1. The van der Waals surface area contributed by atoms with Crippen LogP contribution in [0.5, 0.6) is 5.75 Å². The first-order valence-electron chi connectivity index (χ1n) is 5.96. The molecule has 0 bridgehead atoms. The van der Waals surface area contributed by atoms with Crippen molar-refractivity contribution in [3.05, 3.63) is 54.1 Å². The predicted octanol–water partition coefficient (Wildman–Crippen LogP) is 1.98. The predicted molar refractivity (Wildman–Crippen MR) is 76.7 cm³/mol. The van der Waals surface area contributed by atoms with Crippen molar-refractivity contribution in [3.63, 3.8) is 0 Å². The molecule has 0 saturated carbocycles. The lowest BCUT2D eigenvalue weighted by Gasteiger charge is -2.19. The largest absolute Gasteiger partial charge is 0.508 e. The highest BCUT2D eigenvalue weighted by Crippen LogP contribution is 2.29. The van der Waals surface area contributed by atoms with Gasteiger partial charge in [-0.3, -0.25) is 0 Å². The van der Waals surface area contributed by atoms with Gasteiger partial charge in [-0.2, -0.15) is 8.42 Å². The molecule has 5 nitrogen and oxygen atoms in total. The maximum atomic E-state index is 12.0. The highest BCUT2D eigenvalue weighted by Gasteiger charge is 2.30. The van der Waals surface area contributed by atoms with Crippen LogP contribution in [0.4, 0.5) is 5.69 Å². The molecule has 1 heterocycles. The van der Waals surface area contributed by atoms with E-state index in [1.54, 1.807) is 60.5 Å². The van der Waals surface area contributed by atoms with E-state index in [4.69, 9.17) is 0 Å². The Morgan fingerprint density at radius 1 is 1.05 bits per heavy atom. The average molecular weight is 288 g/mol. The van der Waals surface area contributed by atoms with Gasteiger partial charge >= 0.3 is 0 Å². The molecule has 0 amide bonds. The summed E-state index contributed by atoms with van der Waals surface area (Å²) in [4.78, 5) is 1.91. The molecule has 0 spiro atoms. The second kappa shape index (κ2) is 4.35. The van der Waals surface area contributed by atoms with E-state index in [0.717, 1.165) is 5.69 Å². The van der Waals surface area contributed by atoms with Crippen LogP contribution in [0.1, 0.15) is 5.56 Å². The number of amidine groups is 1. The smallest absolute Gasteiger partial charge is 0.285 e. The fourth-order valence-corrected chi connectivity index (χ4v) is 3.36. The molecule has 1 aliphatic rings. The SMILES string of the molecule is CN(C1=NS(=O)(=O)c2ccccc21)c1ccc(O)cc1. The Hall–Kier alpha value is -2.34. The van der Waals surface area contributed by atoms with Crippen LogP contribution in [0.15, 0.2) is 57.8 Å². The zero-order valence-electron chi connectivity index (χ0n) is 10.7. The standard InChI is InChI=1S/C14H12N2O3S/c1-16(10-6-8-11(17)9-7-10)14-12-4-2-3-5-13(12)20(18,19)15-14/h2-9,17H,1H3. The van der Waals surface area contributed by atoms with Crippen LogP contribution < -0.4 is 4.90 Å². The van der Waals surface area contributed by atoms with Gasteiger partial charge in [0.15, 0.2) is 5.84 Å². The molecule has 0 aromatic heterocycles. The third-order valence-corrected chi connectivity index (χ3v) is 4.49. The molecule has 6 heteroatoms. The molecule has 0 saturated heterocycles. The lowest BCUT2D eigenvalue weighted by atomic mass is 10.2. The Morgan fingerprint density at radius 2 is 1.70 bits per heavy atom. The summed E-state index contributed by atoms with van der Waals surface area (Å²) >= 11 is 0. The Balaban J connectivity index is 2.10. The van der Waals surface area contributed by atoms with Crippen molar-refractivity contribution in [2.45, 2.75) is 4.90 Å². The molecule has 20 heavy (non-hydrogen) atoms. The van der Waals surface area contributed by atoms with Gasteiger partial charge in [0.1, 0.15) is 10.6 Å². The first kappa shape index (κ1) is 12.7. The zero-order chi connectivity index (χ0) is 14.3. The molecule has 1 aliphatic heterocycles. The summed E-state index contributed by atoms with van der Waals surface area (Å²) in [5.41, 5.74) is 1.33. The number of nitrogens with zero attached hydrogens (tertiary/aromatic N) is 2. The molecule has 2 aromatic carbocycles. The van der Waals surface area contributed by atoms with Gasteiger partial charge in [-0.15, -0.1) is 4.40 Å². The second-order valence-electron chi connectivity index (χ2n) is 4.46. The lowest BCUT2D eigenvalue weighted by Crippen LogP contribution is -2.25. The van der Waals surface area contributed by atoms with Gasteiger partial charge in [-0.25, -0.2) is 0 Å². The van der Waals surface area contributed by atoms with Crippen molar-refractivity contribution in [3.8, 4) is 5.75 Å². The van der Waals surface area contributed by atoms with Crippen LogP contribution in [0.25, 0.3) is 0 Å². The van der Waals surface area contributed by atoms with Crippen LogP contribution in [-0.2, 0) is 10.0 Å². The van der Waals surface area contributed by atoms with Crippen molar-refractivity contribution in [2.24, 2.45) is 4.40 Å². The van der Waals surface area contributed by atoms with Gasteiger partial charge in [0, 0.05) is 18.3 Å². The molecule has 102 valence electrons. The monoisotopic (exact) mass is 288 g/mol. The Bertz CT molecular complexity index is 795. The molecule has 3 rings (SSSR count). The van der Waals surface area contributed by atoms with Crippen LogP contribution >= 0.6 is 0 Å². The normalized spacial score (nSPS) is 15.6. The zero-order valence-corrected chi connectivity index (χ0v) is 11.5. The lowest BCUT2D eigenvalue weighted by molar-refractivity contribution is 0.475. The fraction of sp³-hybridized carbons (Fsp3) is 0.0714. The van der Waals surface area contributed by atoms with Gasteiger partial charge in [0.05, 0.1) is 0 Å². The number of aromatic hydroxyl groups is 1. The number of rotatable bonds is 1. The highest BCUT2D eigenvalue weighted by atomic mass is 32.2. The van der Waals surface area contributed by atoms with Crippen LogP contribution in [0.3, 0.4) is 0 Å². The van der Waals surface area contributed by atoms with Gasteiger partial charge in [0.25, 0.3) is 10.0 Å². The third-order valence-electron chi connectivity index (χ3n) is 3.17. The van der Waals surface area contributed by atoms with E-state index >= 15 is 0 Å². The summed E-state index contributed by atoms with van der Waals surface area (Å²) in [6.45, 7) is 0. The summed E-state index contributed by atoms with van der Waals surface area (Å²) in [7, 11) is -1.88. The van der Waals surface area contributed by atoms with E-state index in [-0.39, 0.29) is 10.6 Å². The van der Waals surface area contributed by atoms with E-state index in [1.807, 2.05) is 0 Å². The number of fused-ring (bicyclic) bond motifs is 1. The number of hydrogen-bond acceptors (Lipinski definition) is 4. The Morgan fingerprint density at radius 3 is 2.40 bits per heavy atom. The summed E-state index contributed by atoms with van der Waals surface area (Å²) in [5.74, 6) is 0.537. The van der Waals surface area contributed by atoms with E-state index in [1.165, 1.54) is 0 Å². The highest BCUT2D eigenvalue weighted by molar-refractivity contribution is 7.90. The third kappa shape index (κ3) is 1.94. The molecular weight excluding hydrogens is 276 g/mol. The van der Waals surface area contributed by atoms with Crippen molar-refractivity contribution in [2.75, 3.05) is 11.9 Å². The minimum Gasteiger partial charge on any atom is -0.508 e. The maximum absolute atomic E-state index is 12.0. The Labute approximate surface area is 116 Å². The minimum absolute atomic E-state index is 0.156. The summed E-state index contributed by atoms with van der Waals surface area (Å²) in [5, 5.41) is 9.30. The first-order valence-corrected chi connectivity index (χ1v) is 7.40. The topological polar surface area (TPSA) is 70.0 Å². The Kier molecular flexibility index (Phi) is 2.76. The first-order chi connectivity index (χ1) is 9.49. The fourth-order valence-electron chi connectivity index (χ4n) is 2.13. The number of benzene rings is 2. The molecule has 0 unspecified atom stereocenters. The van der Waals surface area contributed by atoms with Gasteiger partial charge in [-0.1, -0.05) is 12.1 Å². The van der Waals surface area contributed by atoms with E-state index < -0.39 is 10.0 Å². The molecule has 2 aromatic rings. The van der Waals surface area contributed by atoms with Crippen molar-refractivity contribution in [1.82, 2.24) is 0 Å². The number of phenolic OH excluding ortho intramolecular Hbond substituents is 1. The van der Waals surface area contributed by atoms with E-state index in [9.17, 15) is 13.5 Å². The van der Waals surface area contributed by atoms with E-state index in [0.29, 0.717) is 11.4 Å². The molecular formula is C14H12N2O3S. The second-order valence-corrected chi connectivity index (χ2v) is 6.03. The van der Waals surface area contributed by atoms with Crippen LogP contribution in [0.2, 0.25) is 0 Å². The van der Waals surface area contributed by atoms with Gasteiger partial charge in [-0.05, 0) is 36.4 Å². The van der Waals surface area contributed by atoms with Crippen molar-refractivity contribution >= 4 is 21.5 Å². The summed E-state index contributed by atoms with van der Waals surface area (Å²) < 4.78 is 27.8. The van der Waals surface area contributed by atoms with Crippen LogP contribution in [-0.4, -0.2) is 26.4 Å². The van der Waals surface area contributed by atoms with Gasteiger partial charge < -0.3 is 10.0 Å². The maximum Gasteiger partial charge on any atom is 0.285 e. The summed E-state index contributed by atoms with van der Waals surface area (Å²) in [6.07, 6.45) is 0.